The SMILES string of the molecule is C=C/C=C\C(=C/C)C(=S)N(C)C. The Morgan fingerprint density at radius 1 is 1.42 bits per heavy atom. The fourth-order valence-electron chi connectivity index (χ4n) is 0.721. The van der Waals surface area contributed by atoms with E-state index in [1.807, 2.05) is 44.1 Å². The second-order valence-corrected chi connectivity index (χ2v) is 2.93. The van der Waals surface area contributed by atoms with Crippen LogP contribution in [0.1, 0.15) is 6.92 Å². The van der Waals surface area contributed by atoms with Crippen LogP contribution in [0.4, 0.5) is 0 Å². The lowest BCUT2D eigenvalue weighted by Crippen LogP contribution is -2.20. The van der Waals surface area contributed by atoms with Crippen molar-refractivity contribution in [3.05, 3.63) is 36.5 Å². The molecule has 0 aromatic rings. The molecule has 0 radical (unpaired) electrons. The van der Waals surface area contributed by atoms with Gasteiger partial charge in [0.15, 0.2) is 0 Å². The van der Waals surface area contributed by atoms with Crippen molar-refractivity contribution in [2.24, 2.45) is 0 Å². The summed E-state index contributed by atoms with van der Waals surface area (Å²) in [5, 5.41) is 0. The normalized spacial score (nSPS) is 11.8. The summed E-state index contributed by atoms with van der Waals surface area (Å²) in [6.07, 6.45) is 7.56. The summed E-state index contributed by atoms with van der Waals surface area (Å²) < 4.78 is 0. The van der Waals surface area contributed by atoms with Crippen LogP contribution in [0.3, 0.4) is 0 Å². The molecule has 0 fully saturated rings. The molecule has 0 aromatic carbocycles. The predicted molar refractivity (Wildman–Crippen MR) is 59.4 cm³/mol. The van der Waals surface area contributed by atoms with E-state index in [0.29, 0.717) is 0 Å². The first kappa shape index (κ1) is 11.1. The minimum absolute atomic E-state index is 0.843. The van der Waals surface area contributed by atoms with E-state index in [4.69, 9.17) is 12.2 Å². The molecule has 0 aliphatic heterocycles. The summed E-state index contributed by atoms with van der Waals surface area (Å²) >= 11 is 5.18. The van der Waals surface area contributed by atoms with Crippen molar-refractivity contribution in [2.75, 3.05) is 14.1 Å². The Bertz CT molecular complexity index is 224. The third-order valence-electron chi connectivity index (χ3n) is 1.38. The van der Waals surface area contributed by atoms with Gasteiger partial charge in [0, 0.05) is 19.7 Å². The quantitative estimate of drug-likeness (QED) is 0.374. The van der Waals surface area contributed by atoms with Crippen LogP contribution >= 0.6 is 12.2 Å². The summed E-state index contributed by atoms with van der Waals surface area (Å²) in [7, 11) is 3.88. The number of allylic oxidation sites excluding steroid dienone is 3. The fraction of sp³-hybridized carbons (Fsp3) is 0.300. The zero-order valence-electron chi connectivity index (χ0n) is 7.87. The molecule has 66 valence electrons. The third-order valence-corrected chi connectivity index (χ3v) is 1.98. The van der Waals surface area contributed by atoms with Crippen molar-refractivity contribution in [3.8, 4) is 0 Å². The molecular formula is C10H15NS. The molecule has 0 spiro atoms. The fourth-order valence-corrected chi connectivity index (χ4v) is 0.907. The van der Waals surface area contributed by atoms with E-state index in [1.165, 1.54) is 0 Å². The monoisotopic (exact) mass is 181 g/mol. The van der Waals surface area contributed by atoms with Crippen LogP contribution < -0.4 is 0 Å². The number of thiocarbonyl (C=S) groups is 1. The largest absolute Gasteiger partial charge is 0.368 e. The number of rotatable bonds is 3. The van der Waals surface area contributed by atoms with Gasteiger partial charge in [-0.15, -0.1) is 0 Å². The molecule has 12 heavy (non-hydrogen) atoms. The Hall–Kier alpha value is -0.890. The van der Waals surface area contributed by atoms with E-state index < -0.39 is 0 Å². The van der Waals surface area contributed by atoms with Crippen molar-refractivity contribution in [3.63, 3.8) is 0 Å². The van der Waals surface area contributed by atoms with E-state index in [0.717, 1.165) is 10.6 Å². The highest BCUT2D eigenvalue weighted by Gasteiger charge is 2.00. The zero-order chi connectivity index (χ0) is 9.56. The van der Waals surface area contributed by atoms with Gasteiger partial charge in [0.05, 0.1) is 0 Å². The van der Waals surface area contributed by atoms with Gasteiger partial charge in [-0.3, -0.25) is 0 Å². The maximum Gasteiger partial charge on any atom is 0.108 e. The number of hydrogen-bond donors (Lipinski definition) is 0. The standard InChI is InChI=1S/C10H15NS/c1-5-7-8-9(6-2)10(12)11(3)4/h5-8H,1H2,2-4H3/b8-7-,9-6+. The minimum Gasteiger partial charge on any atom is -0.368 e. The van der Waals surface area contributed by atoms with E-state index in [9.17, 15) is 0 Å². The lowest BCUT2D eigenvalue weighted by Gasteiger charge is -2.13. The van der Waals surface area contributed by atoms with Crippen LogP contribution in [0.25, 0.3) is 0 Å². The predicted octanol–water partition coefficient (Wildman–Crippen LogP) is 2.56. The lowest BCUT2D eigenvalue weighted by atomic mass is 10.2. The van der Waals surface area contributed by atoms with Gasteiger partial charge in [-0.1, -0.05) is 43.1 Å². The van der Waals surface area contributed by atoms with Crippen LogP contribution in [-0.2, 0) is 0 Å². The van der Waals surface area contributed by atoms with Crippen molar-refractivity contribution in [2.45, 2.75) is 6.92 Å². The molecule has 0 aliphatic rings. The van der Waals surface area contributed by atoms with Crippen molar-refractivity contribution < 1.29 is 0 Å². The Morgan fingerprint density at radius 3 is 2.33 bits per heavy atom. The summed E-state index contributed by atoms with van der Waals surface area (Å²) in [5.41, 5.74) is 1.05. The first-order valence-corrected chi connectivity index (χ1v) is 4.21. The number of hydrogen-bond acceptors (Lipinski definition) is 1. The van der Waals surface area contributed by atoms with Crippen molar-refractivity contribution in [1.82, 2.24) is 4.90 Å². The van der Waals surface area contributed by atoms with Crippen molar-refractivity contribution in [1.29, 1.82) is 0 Å². The molecule has 0 amide bonds. The minimum atomic E-state index is 0.843. The van der Waals surface area contributed by atoms with Gasteiger partial charge in [0.1, 0.15) is 4.99 Å². The smallest absolute Gasteiger partial charge is 0.108 e. The van der Waals surface area contributed by atoms with Crippen LogP contribution in [0, 0.1) is 0 Å². The van der Waals surface area contributed by atoms with Gasteiger partial charge in [0.2, 0.25) is 0 Å². The van der Waals surface area contributed by atoms with Gasteiger partial charge in [-0.25, -0.2) is 0 Å². The third kappa shape index (κ3) is 3.49. The topological polar surface area (TPSA) is 3.24 Å². The molecular weight excluding hydrogens is 166 g/mol. The van der Waals surface area contributed by atoms with Gasteiger partial charge < -0.3 is 4.90 Å². The van der Waals surface area contributed by atoms with Crippen LogP contribution in [0.2, 0.25) is 0 Å². The molecule has 0 atom stereocenters. The second kappa shape index (κ2) is 5.72. The average molecular weight is 181 g/mol. The lowest BCUT2D eigenvalue weighted by molar-refractivity contribution is 0.636. The number of likely N-dealkylation sites (N-methyl/N-ethyl adjacent to an activating group) is 1. The molecule has 0 saturated heterocycles. The van der Waals surface area contributed by atoms with Crippen LogP contribution in [0.15, 0.2) is 36.5 Å². The molecule has 0 bridgehead atoms. The Balaban J connectivity index is 4.48. The summed E-state index contributed by atoms with van der Waals surface area (Å²) in [5.74, 6) is 0. The van der Waals surface area contributed by atoms with Crippen LogP contribution in [-0.4, -0.2) is 24.0 Å². The summed E-state index contributed by atoms with van der Waals surface area (Å²) in [6.45, 7) is 5.57. The maximum atomic E-state index is 5.18. The zero-order valence-corrected chi connectivity index (χ0v) is 8.69. The Labute approximate surface area is 80.1 Å². The van der Waals surface area contributed by atoms with E-state index in [1.54, 1.807) is 6.08 Å². The summed E-state index contributed by atoms with van der Waals surface area (Å²) in [4.78, 5) is 2.76. The highest BCUT2D eigenvalue weighted by molar-refractivity contribution is 7.80. The van der Waals surface area contributed by atoms with E-state index >= 15 is 0 Å². The molecule has 0 N–H and O–H groups in total. The van der Waals surface area contributed by atoms with Gasteiger partial charge in [0.25, 0.3) is 0 Å². The highest BCUT2D eigenvalue weighted by atomic mass is 32.1. The molecule has 0 heterocycles. The Morgan fingerprint density at radius 2 is 2.00 bits per heavy atom. The molecule has 0 rings (SSSR count). The van der Waals surface area contributed by atoms with E-state index in [-0.39, 0.29) is 0 Å². The van der Waals surface area contributed by atoms with E-state index in [2.05, 4.69) is 6.58 Å². The van der Waals surface area contributed by atoms with Crippen molar-refractivity contribution >= 4 is 17.2 Å². The summed E-state index contributed by atoms with van der Waals surface area (Å²) in [6, 6.07) is 0. The highest BCUT2D eigenvalue weighted by Crippen LogP contribution is 2.03. The second-order valence-electron chi connectivity index (χ2n) is 2.54. The van der Waals surface area contributed by atoms with Crippen LogP contribution in [0.5, 0.6) is 0 Å². The van der Waals surface area contributed by atoms with Gasteiger partial charge >= 0.3 is 0 Å². The molecule has 0 saturated carbocycles. The van der Waals surface area contributed by atoms with Gasteiger partial charge in [-0.2, -0.15) is 0 Å². The Kier molecular flexibility index (Phi) is 5.30. The average Bonchev–Trinajstić information content (AvgIpc) is 2.05. The molecule has 2 heteroatoms. The first-order chi connectivity index (χ1) is 5.63. The molecule has 0 aromatic heterocycles. The van der Waals surface area contributed by atoms with Gasteiger partial charge in [-0.05, 0) is 6.92 Å². The molecule has 0 aliphatic carbocycles. The maximum absolute atomic E-state index is 5.18. The number of nitrogens with zero attached hydrogens (tertiary/aromatic N) is 1. The molecule has 1 nitrogen and oxygen atoms in total. The molecule has 0 unspecified atom stereocenters. The first-order valence-electron chi connectivity index (χ1n) is 3.80.